The predicted molar refractivity (Wildman–Crippen MR) is 51.0 cm³/mol. The Morgan fingerprint density at radius 1 is 1.50 bits per heavy atom. The Balaban J connectivity index is 2.50. The molecule has 1 aromatic rings. The molecule has 1 aliphatic heterocycles. The van der Waals surface area contributed by atoms with E-state index >= 15 is 0 Å². The third-order valence-corrected chi connectivity index (χ3v) is 2.49. The molecule has 0 bridgehead atoms. The summed E-state index contributed by atoms with van der Waals surface area (Å²) in [6.45, 7) is 0.235. The molecule has 1 aromatic carbocycles. The zero-order valence-corrected chi connectivity index (χ0v) is 7.99. The van der Waals surface area contributed by atoms with Crippen molar-refractivity contribution in [1.82, 2.24) is 0 Å². The second-order valence-electron chi connectivity index (χ2n) is 3.00. The number of ether oxygens (including phenoxy) is 1. The van der Waals surface area contributed by atoms with E-state index in [1.165, 1.54) is 0 Å². The van der Waals surface area contributed by atoms with E-state index in [0.29, 0.717) is 16.9 Å². The molecule has 0 radical (unpaired) electrons. The molecule has 1 unspecified atom stereocenters. The van der Waals surface area contributed by atoms with Gasteiger partial charge in [-0.05, 0) is 17.7 Å². The SMILES string of the molecule is O=S(=O)=Cc1ccc2c(c1)C(O)CO2. The van der Waals surface area contributed by atoms with Gasteiger partial charge in [0.15, 0.2) is 0 Å². The maximum Gasteiger partial charge on any atom is 0.214 e. The van der Waals surface area contributed by atoms with Gasteiger partial charge in [-0.15, -0.1) is 0 Å². The van der Waals surface area contributed by atoms with Crippen LogP contribution in [0.3, 0.4) is 0 Å². The second kappa shape index (κ2) is 3.43. The van der Waals surface area contributed by atoms with Crippen molar-refractivity contribution in [3.63, 3.8) is 0 Å². The molecule has 0 spiro atoms. The van der Waals surface area contributed by atoms with Crippen LogP contribution in [-0.2, 0) is 10.3 Å². The molecule has 74 valence electrons. The van der Waals surface area contributed by atoms with Gasteiger partial charge in [0.25, 0.3) is 0 Å². The zero-order chi connectivity index (χ0) is 10.1. The molecule has 0 amide bonds. The molecule has 2 rings (SSSR count). The number of fused-ring (bicyclic) bond motifs is 1. The number of aliphatic hydroxyl groups is 1. The first-order chi connectivity index (χ1) is 6.66. The van der Waals surface area contributed by atoms with E-state index in [-0.39, 0.29) is 6.61 Å². The standard InChI is InChI=1S/C9H8O4S/c10-8-4-13-9-2-1-6(3-7(8)9)5-14(11)12/h1-3,5,8,10H,4H2. The number of hydrogen-bond acceptors (Lipinski definition) is 4. The smallest absolute Gasteiger partial charge is 0.214 e. The van der Waals surface area contributed by atoms with Gasteiger partial charge in [-0.1, -0.05) is 6.07 Å². The molecule has 1 heterocycles. The van der Waals surface area contributed by atoms with Crippen LogP contribution in [-0.4, -0.2) is 25.5 Å². The summed E-state index contributed by atoms with van der Waals surface area (Å²) in [6, 6.07) is 4.90. The molecule has 0 aromatic heterocycles. The molecule has 4 nitrogen and oxygen atoms in total. The highest BCUT2D eigenvalue weighted by Crippen LogP contribution is 2.32. The first kappa shape index (κ1) is 9.23. The van der Waals surface area contributed by atoms with Crippen LogP contribution in [0.1, 0.15) is 17.2 Å². The minimum absolute atomic E-state index is 0.235. The van der Waals surface area contributed by atoms with Crippen LogP contribution in [0.5, 0.6) is 5.75 Å². The van der Waals surface area contributed by atoms with Crippen molar-refractivity contribution in [3.05, 3.63) is 29.3 Å². The highest BCUT2D eigenvalue weighted by Gasteiger charge is 2.21. The summed E-state index contributed by atoms with van der Waals surface area (Å²) < 4.78 is 26.0. The van der Waals surface area contributed by atoms with Gasteiger partial charge in [-0.2, -0.15) is 8.42 Å². The zero-order valence-electron chi connectivity index (χ0n) is 7.17. The second-order valence-corrected chi connectivity index (χ2v) is 3.76. The van der Waals surface area contributed by atoms with Gasteiger partial charge < -0.3 is 9.84 Å². The van der Waals surface area contributed by atoms with Crippen LogP contribution in [0.2, 0.25) is 0 Å². The van der Waals surface area contributed by atoms with Crippen LogP contribution in [0.15, 0.2) is 18.2 Å². The van der Waals surface area contributed by atoms with E-state index in [9.17, 15) is 13.5 Å². The molecule has 0 saturated carbocycles. The Kier molecular flexibility index (Phi) is 2.26. The maximum atomic E-state index is 10.4. The summed E-state index contributed by atoms with van der Waals surface area (Å²) in [5.74, 6) is 0.617. The Labute approximate surface area is 82.3 Å². The van der Waals surface area contributed by atoms with Crippen LogP contribution in [0.25, 0.3) is 0 Å². The molecule has 5 heteroatoms. The van der Waals surface area contributed by atoms with E-state index in [1.54, 1.807) is 18.2 Å². The average Bonchev–Trinajstić information content (AvgIpc) is 2.47. The number of rotatable bonds is 1. The van der Waals surface area contributed by atoms with E-state index in [4.69, 9.17) is 4.74 Å². The van der Waals surface area contributed by atoms with Crippen molar-refractivity contribution in [3.8, 4) is 5.75 Å². The summed E-state index contributed by atoms with van der Waals surface area (Å²) in [5.41, 5.74) is 1.19. The van der Waals surface area contributed by atoms with Crippen LogP contribution < -0.4 is 4.74 Å². The van der Waals surface area contributed by atoms with E-state index in [2.05, 4.69) is 0 Å². The number of hydrogen-bond donors (Lipinski definition) is 1. The van der Waals surface area contributed by atoms with Crippen LogP contribution in [0, 0.1) is 0 Å². The lowest BCUT2D eigenvalue weighted by Gasteiger charge is -1.99. The topological polar surface area (TPSA) is 63.6 Å². The van der Waals surface area contributed by atoms with E-state index < -0.39 is 16.4 Å². The average molecular weight is 212 g/mol. The van der Waals surface area contributed by atoms with Crippen molar-refractivity contribution < 1.29 is 18.3 Å². The van der Waals surface area contributed by atoms with Gasteiger partial charge in [-0.25, -0.2) is 0 Å². The summed E-state index contributed by atoms with van der Waals surface area (Å²) in [6.07, 6.45) is -0.654. The van der Waals surface area contributed by atoms with Gasteiger partial charge in [-0.3, -0.25) is 0 Å². The Morgan fingerprint density at radius 2 is 2.29 bits per heavy atom. The largest absolute Gasteiger partial charge is 0.490 e. The highest BCUT2D eigenvalue weighted by atomic mass is 32.2. The normalized spacial score (nSPS) is 18.5. The van der Waals surface area contributed by atoms with Crippen molar-refractivity contribution in [2.75, 3.05) is 6.61 Å². The molecule has 14 heavy (non-hydrogen) atoms. The van der Waals surface area contributed by atoms with Crippen molar-refractivity contribution in [2.45, 2.75) is 6.10 Å². The third kappa shape index (κ3) is 1.64. The van der Waals surface area contributed by atoms with Gasteiger partial charge in [0, 0.05) is 5.56 Å². The quantitative estimate of drug-likeness (QED) is 0.673. The monoisotopic (exact) mass is 212 g/mol. The molecule has 0 aliphatic carbocycles. The van der Waals surface area contributed by atoms with Crippen molar-refractivity contribution in [1.29, 1.82) is 0 Å². The van der Waals surface area contributed by atoms with Crippen LogP contribution in [0.4, 0.5) is 0 Å². The van der Waals surface area contributed by atoms with Gasteiger partial charge in [0.2, 0.25) is 10.3 Å². The van der Waals surface area contributed by atoms with Gasteiger partial charge in [0.05, 0.1) is 5.37 Å². The lowest BCUT2D eigenvalue weighted by molar-refractivity contribution is 0.140. The Hall–Kier alpha value is -1.33. The summed E-state index contributed by atoms with van der Waals surface area (Å²) in [5, 5.41) is 10.5. The Bertz CT molecular complexity index is 482. The molecular formula is C9H8O4S. The van der Waals surface area contributed by atoms with E-state index in [0.717, 1.165) is 5.37 Å². The maximum absolute atomic E-state index is 10.4. The van der Waals surface area contributed by atoms with Gasteiger partial charge in [0.1, 0.15) is 18.5 Å². The van der Waals surface area contributed by atoms with Gasteiger partial charge >= 0.3 is 0 Å². The molecule has 0 fully saturated rings. The molecule has 1 N–H and O–H groups in total. The molecular weight excluding hydrogens is 204 g/mol. The first-order valence-electron chi connectivity index (χ1n) is 4.04. The lowest BCUT2D eigenvalue weighted by atomic mass is 10.1. The number of aliphatic hydroxyl groups excluding tert-OH is 1. The molecule has 1 atom stereocenters. The fourth-order valence-corrected chi connectivity index (χ4v) is 1.77. The summed E-state index contributed by atoms with van der Waals surface area (Å²) in [4.78, 5) is 0. The minimum atomic E-state index is -2.22. The number of benzene rings is 1. The summed E-state index contributed by atoms with van der Waals surface area (Å²) in [7, 11) is -2.22. The lowest BCUT2D eigenvalue weighted by Crippen LogP contribution is -1.97. The fraction of sp³-hybridized carbons (Fsp3) is 0.222. The third-order valence-electron chi connectivity index (χ3n) is 2.02. The minimum Gasteiger partial charge on any atom is -0.490 e. The van der Waals surface area contributed by atoms with Crippen LogP contribution >= 0.6 is 0 Å². The summed E-state index contributed by atoms with van der Waals surface area (Å²) >= 11 is 0. The molecule has 1 aliphatic rings. The Morgan fingerprint density at radius 3 is 3.00 bits per heavy atom. The molecule has 0 saturated heterocycles. The predicted octanol–water partition coefficient (Wildman–Crippen LogP) is 0.142. The highest BCUT2D eigenvalue weighted by molar-refractivity contribution is 7.71. The first-order valence-corrected chi connectivity index (χ1v) is 5.18. The van der Waals surface area contributed by atoms with E-state index in [1.807, 2.05) is 0 Å². The van der Waals surface area contributed by atoms with Crippen molar-refractivity contribution >= 4 is 15.7 Å². The van der Waals surface area contributed by atoms with Crippen molar-refractivity contribution in [2.24, 2.45) is 0 Å². The fourth-order valence-electron chi connectivity index (χ4n) is 1.40.